The number of hydrogen-bond donors (Lipinski definition) is 4. The van der Waals surface area contributed by atoms with Gasteiger partial charge in [-0.2, -0.15) is 0 Å². The van der Waals surface area contributed by atoms with Crippen molar-refractivity contribution in [2.75, 3.05) is 33.3 Å². The zero-order valence-corrected chi connectivity index (χ0v) is 31.1. The molecule has 3 heterocycles. The lowest BCUT2D eigenvalue weighted by molar-refractivity contribution is -0.138. The minimum absolute atomic E-state index is 0.0166. The van der Waals surface area contributed by atoms with Crippen LogP contribution in [-0.2, 0) is 32.1 Å². The van der Waals surface area contributed by atoms with Gasteiger partial charge in [-0.05, 0) is 55.9 Å². The highest BCUT2D eigenvalue weighted by Crippen LogP contribution is 2.24. The molecule has 54 heavy (non-hydrogen) atoms. The van der Waals surface area contributed by atoms with Gasteiger partial charge < -0.3 is 40.3 Å². The second-order valence-corrected chi connectivity index (χ2v) is 14.2. The number of aromatic nitrogens is 1. The largest absolute Gasteiger partial charge is 0.497 e. The number of methoxy groups -OCH3 is 1. The molecule has 1 saturated heterocycles. The second-order valence-electron chi connectivity index (χ2n) is 14.2. The molecule has 0 spiro atoms. The van der Waals surface area contributed by atoms with Crippen LogP contribution in [0.2, 0.25) is 0 Å². The molecule has 2 aliphatic heterocycles. The monoisotopic (exact) mass is 743 g/mol. The molecule has 0 aliphatic carbocycles. The standard InChI is InChI=1S/C39H49N7O8/c1-24(2)19-31-36(49)43-32(20-26-9-6-5-7-10-26)35(48)40-15-18-46(23-30-22-33(44-54-30)37(50)41-25(3)34(47)42-31)38(51)27-13-16-45(17-14-27)39(52)28-11-8-12-29(21-28)53-4/h5-12,21-22,24-25,27,31-32H,13-20,23H2,1-4H3,(H,40,48)(H,41,50)(H,42,47)(H,43,49)/t25-,31-,32-/m1/s1. The molecule has 2 aliphatic rings. The Labute approximate surface area is 314 Å². The zero-order valence-electron chi connectivity index (χ0n) is 31.1. The van der Waals surface area contributed by atoms with E-state index >= 15 is 0 Å². The van der Waals surface area contributed by atoms with Crippen LogP contribution in [0.3, 0.4) is 0 Å². The smallest absolute Gasteiger partial charge is 0.274 e. The second kappa shape index (κ2) is 18.3. The molecule has 0 radical (unpaired) electrons. The van der Waals surface area contributed by atoms with Crippen LogP contribution in [0.1, 0.15) is 72.2 Å². The van der Waals surface area contributed by atoms with Gasteiger partial charge in [0.25, 0.3) is 11.8 Å². The van der Waals surface area contributed by atoms with E-state index in [2.05, 4.69) is 26.4 Å². The first-order valence-electron chi connectivity index (χ1n) is 18.3. The Kier molecular flexibility index (Phi) is 13.4. The van der Waals surface area contributed by atoms with Crippen molar-refractivity contribution in [2.45, 2.75) is 71.1 Å². The Morgan fingerprint density at radius 2 is 1.59 bits per heavy atom. The number of fused-ring (bicyclic) bond motifs is 2. The molecule has 3 atom stereocenters. The van der Waals surface area contributed by atoms with E-state index in [9.17, 15) is 28.8 Å². The van der Waals surface area contributed by atoms with Gasteiger partial charge in [0.05, 0.1) is 13.7 Å². The van der Waals surface area contributed by atoms with Crippen LogP contribution in [0.15, 0.2) is 65.2 Å². The average Bonchev–Trinajstić information content (AvgIpc) is 3.65. The molecule has 4 N–H and O–H groups in total. The van der Waals surface area contributed by atoms with Gasteiger partial charge in [-0.1, -0.05) is 55.4 Å². The summed E-state index contributed by atoms with van der Waals surface area (Å²) in [5.74, 6) is -2.20. The molecule has 1 fully saturated rings. The summed E-state index contributed by atoms with van der Waals surface area (Å²) in [6.45, 7) is 6.13. The highest BCUT2D eigenvalue weighted by Gasteiger charge is 2.33. The van der Waals surface area contributed by atoms with Gasteiger partial charge in [0.15, 0.2) is 11.5 Å². The summed E-state index contributed by atoms with van der Waals surface area (Å²) in [5.41, 5.74) is 1.23. The van der Waals surface area contributed by atoms with Gasteiger partial charge in [-0.3, -0.25) is 28.8 Å². The number of piperidine rings is 1. The van der Waals surface area contributed by atoms with Gasteiger partial charge in [0.2, 0.25) is 23.6 Å². The Balaban J connectivity index is 1.35. The number of ether oxygens (including phenoxy) is 1. The van der Waals surface area contributed by atoms with Crippen LogP contribution >= 0.6 is 0 Å². The van der Waals surface area contributed by atoms with Crippen molar-refractivity contribution in [3.8, 4) is 5.75 Å². The predicted molar refractivity (Wildman–Crippen MR) is 197 cm³/mol. The zero-order chi connectivity index (χ0) is 38.8. The number of nitrogens with zero attached hydrogens (tertiary/aromatic N) is 3. The molecular weight excluding hydrogens is 694 g/mol. The third-order valence-electron chi connectivity index (χ3n) is 9.58. The van der Waals surface area contributed by atoms with Crippen LogP contribution in [0.5, 0.6) is 5.75 Å². The fourth-order valence-corrected chi connectivity index (χ4v) is 6.58. The summed E-state index contributed by atoms with van der Waals surface area (Å²) in [6, 6.07) is 14.6. The highest BCUT2D eigenvalue weighted by atomic mass is 16.5. The Morgan fingerprint density at radius 3 is 2.30 bits per heavy atom. The van der Waals surface area contributed by atoms with Crippen LogP contribution in [-0.4, -0.2) is 102 Å². The van der Waals surface area contributed by atoms with Gasteiger partial charge in [-0.15, -0.1) is 0 Å². The molecule has 6 amide bonds. The van der Waals surface area contributed by atoms with Crippen LogP contribution in [0, 0.1) is 11.8 Å². The molecule has 15 nitrogen and oxygen atoms in total. The van der Waals surface area contributed by atoms with Crippen molar-refractivity contribution in [3.63, 3.8) is 0 Å². The van der Waals surface area contributed by atoms with Crippen molar-refractivity contribution in [3.05, 3.63) is 83.2 Å². The van der Waals surface area contributed by atoms with Crippen molar-refractivity contribution in [1.29, 1.82) is 0 Å². The molecule has 1 aromatic heterocycles. The number of hydrogen-bond acceptors (Lipinski definition) is 9. The maximum Gasteiger partial charge on any atom is 0.274 e. The van der Waals surface area contributed by atoms with E-state index in [4.69, 9.17) is 9.26 Å². The van der Waals surface area contributed by atoms with Crippen molar-refractivity contribution >= 4 is 35.4 Å². The first kappa shape index (κ1) is 39.5. The molecule has 0 unspecified atom stereocenters. The Hall–Kier alpha value is -5.73. The van der Waals surface area contributed by atoms with Crippen molar-refractivity contribution in [1.82, 2.24) is 36.2 Å². The topological polar surface area (TPSA) is 192 Å². The highest BCUT2D eigenvalue weighted by molar-refractivity contribution is 5.98. The average molecular weight is 744 g/mol. The first-order valence-corrected chi connectivity index (χ1v) is 18.3. The number of carbonyl (C=O) groups is 6. The third kappa shape index (κ3) is 10.4. The molecule has 288 valence electrons. The molecule has 15 heteroatoms. The SMILES string of the molecule is COc1cccc(C(=O)N2CCC(C(=O)N3CCNC(=O)[C@@H](Cc4ccccc4)NC(=O)[C@@H](CC(C)C)NC(=O)[C@@H](C)NC(=O)c4cc(on4)C3)CC2)c1. The summed E-state index contributed by atoms with van der Waals surface area (Å²) in [4.78, 5) is 84.3. The summed E-state index contributed by atoms with van der Waals surface area (Å²) in [6.07, 6.45) is 1.31. The number of benzene rings is 2. The van der Waals surface area contributed by atoms with E-state index in [1.54, 1.807) is 29.2 Å². The first-order chi connectivity index (χ1) is 25.9. The lowest BCUT2D eigenvalue weighted by Crippen LogP contribution is -2.57. The number of amides is 6. The summed E-state index contributed by atoms with van der Waals surface area (Å²) in [7, 11) is 1.54. The van der Waals surface area contributed by atoms with E-state index in [-0.39, 0.29) is 61.7 Å². The summed E-state index contributed by atoms with van der Waals surface area (Å²) in [5, 5.41) is 14.9. The number of nitrogens with one attached hydrogen (secondary N) is 4. The number of likely N-dealkylation sites (tertiary alicyclic amines) is 1. The van der Waals surface area contributed by atoms with E-state index in [0.29, 0.717) is 37.2 Å². The van der Waals surface area contributed by atoms with E-state index in [0.717, 1.165) is 5.56 Å². The quantitative estimate of drug-likeness (QED) is 0.281. The molecule has 2 bridgehead atoms. The minimum Gasteiger partial charge on any atom is -0.497 e. The molecule has 5 rings (SSSR count). The maximum absolute atomic E-state index is 14.1. The fraction of sp³-hybridized carbons (Fsp3) is 0.462. The fourth-order valence-electron chi connectivity index (χ4n) is 6.58. The molecule has 2 aromatic carbocycles. The van der Waals surface area contributed by atoms with Gasteiger partial charge in [0.1, 0.15) is 23.9 Å². The maximum atomic E-state index is 14.1. The van der Waals surface area contributed by atoms with E-state index in [1.807, 2.05) is 44.2 Å². The van der Waals surface area contributed by atoms with Gasteiger partial charge >= 0.3 is 0 Å². The molecule has 0 saturated carbocycles. The van der Waals surface area contributed by atoms with Crippen LogP contribution in [0.25, 0.3) is 0 Å². The lowest BCUT2D eigenvalue weighted by Gasteiger charge is -2.34. The third-order valence-corrected chi connectivity index (χ3v) is 9.58. The molecule has 3 aromatic rings. The van der Waals surface area contributed by atoms with Gasteiger partial charge in [-0.25, -0.2) is 0 Å². The van der Waals surface area contributed by atoms with Crippen LogP contribution in [0.4, 0.5) is 0 Å². The van der Waals surface area contributed by atoms with Gasteiger partial charge in [0, 0.05) is 50.1 Å². The Morgan fingerprint density at radius 1 is 0.870 bits per heavy atom. The van der Waals surface area contributed by atoms with Crippen molar-refractivity contribution in [2.24, 2.45) is 11.8 Å². The summed E-state index contributed by atoms with van der Waals surface area (Å²) < 4.78 is 10.7. The Bertz CT molecular complexity index is 1800. The predicted octanol–water partition coefficient (Wildman–Crippen LogP) is 2.07. The number of carbonyl (C=O) groups excluding carboxylic acids is 6. The van der Waals surface area contributed by atoms with E-state index in [1.165, 1.54) is 25.0 Å². The van der Waals surface area contributed by atoms with Crippen LogP contribution < -0.4 is 26.0 Å². The van der Waals surface area contributed by atoms with E-state index < -0.39 is 47.7 Å². The lowest BCUT2D eigenvalue weighted by atomic mass is 9.94. The molecular formula is C39H49N7O8. The minimum atomic E-state index is -1.04. The normalized spacial score (nSPS) is 20.9. The van der Waals surface area contributed by atoms with Crippen molar-refractivity contribution < 1.29 is 38.0 Å². The summed E-state index contributed by atoms with van der Waals surface area (Å²) >= 11 is 0. The number of rotatable bonds is 7.